The number of rotatable bonds is 8. The van der Waals surface area contributed by atoms with Crippen LogP contribution in [0.3, 0.4) is 0 Å². The predicted molar refractivity (Wildman–Crippen MR) is 117 cm³/mol. The van der Waals surface area contributed by atoms with Gasteiger partial charge in [0.2, 0.25) is 10.0 Å². The van der Waals surface area contributed by atoms with Gasteiger partial charge in [-0.2, -0.15) is 0 Å². The Morgan fingerprint density at radius 2 is 1.70 bits per heavy atom. The molecule has 0 saturated heterocycles. The topological polar surface area (TPSA) is 149 Å². The summed E-state index contributed by atoms with van der Waals surface area (Å²) in [5, 5.41) is 4.84. The van der Waals surface area contributed by atoms with Gasteiger partial charge < -0.3 is 19.5 Å². The fourth-order valence-corrected chi connectivity index (χ4v) is 3.81. The summed E-state index contributed by atoms with van der Waals surface area (Å²) in [6.45, 7) is -0.135. The highest BCUT2D eigenvalue weighted by atomic mass is 35.5. The van der Waals surface area contributed by atoms with Crippen LogP contribution in [0.1, 0.15) is 6.42 Å². The number of hydrogen-bond donors (Lipinski definition) is 3. The molecule has 0 aromatic heterocycles. The van der Waals surface area contributed by atoms with Gasteiger partial charge in [0.1, 0.15) is 13.2 Å². The highest BCUT2D eigenvalue weighted by Crippen LogP contribution is 2.32. The Balaban J connectivity index is 1.36. The molecule has 33 heavy (non-hydrogen) atoms. The smallest absolute Gasteiger partial charge is 0.325 e. The first kappa shape index (κ1) is 24.3. The van der Waals surface area contributed by atoms with Crippen LogP contribution in [0.25, 0.3) is 0 Å². The molecule has 11 nitrogen and oxygen atoms in total. The number of carbonyl (C=O) groups excluding carboxylic acids is 3. The summed E-state index contributed by atoms with van der Waals surface area (Å²) in [6.07, 6.45) is -0.316. The maximum atomic E-state index is 12.1. The van der Waals surface area contributed by atoms with Crippen molar-refractivity contribution in [2.75, 3.05) is 31.7 Å². The zero-order chi connectivity index (χ0) is 23.8. The van der Waals surface area contributed by atoms with Crippen LogP contribution < -0.4 is 24.8 Å². The Bertz CT molecular complexity index is 1140. The van der Waals surface area contributed by atoms with Gasteiger partial charge in [-0.1, -0.05) is 11.6 Å². The molecule has 13 heteroatoms. The number of imide groups is 1. The van der Waals surface area contributed by atoms with E-state index in [-0.39, 0.29) is 17.9 Å². The lowest BCUT2D eigenvalue weighted by Gasteiger charge is -2.19. The van der Waals surface area contributed by atoms with Gasteiger partial charge >= 0.3 is 12.0 Å². The maximum absolute atomic E-state index is 12.1. The number of carbonyl (C=O) groups is 3. The second kappa shape index (κ2) is 11.0. The summed E-state index contributed by atoms with van der Waals surface area (Å²) in [5.74, 6) is -0.673. The fourth-order valence-electron chi connectivity index (χ4n) is 2.65. The van der Waals surface area contributed by atoms with Crippen molar-refractivity contribution in [2.24, 2.45) is 0 Å². The van der Waals surface area contributed by atoms with Crippen molar-refractivity contribution in [3.05, 3.63) is 47.5 Å². The Labute approximate surface area is 194 Å². The van der Waals surface area contributed by atoms with E-state index in [1.807, 2.05) is 5.32 Å². The van der Waals surface area contributed by atoms with Gasteiger partial charge in [0.25, 0.3) is 5.91 Å². The molecule has 0 bridgehead atoms. The molecular weight excluding hydrogens is 478 g/mol. The first-order valence-corrected chi connectivity index (χ1v) is 11.5. The van der Waals surface area contributed by atoms with Crippen molar-refractivity contribution in [2.45, 2.75) is 11.3 Å². The zero-order valence-electron chi connectivity index (χ0n) is 17.1. The van der Waals surface area contributed by atoms with Crippen LogP contribution in [0.2, 0.25) is 5.02 Å². The summed E-state index contributed by atoms with van der Waals surface area (Å²) < 4.78 is 42.0. The molecule has 0 aliphatic carbocycles. The standard InChI is InChI=1S/C20H20ClN3O8S/c21-13-1-4-15(5-2-13)33(28,29)22-8-7-19(26)32-12-18(25)24-20(27)23-14-3-6-16-17(11-14)31-10-9-30-16/h1-6,11,22H,7-10,12H2,(H2,23,24,25,27). The van der Waals surface area contributed by atoms with Gasteiger partial charge in [0, 0.05) is 23.3 Å². The number of amides is 3. The van der Waals surface area contributed by atoms with Crippen LogP contribution in [-0.2, 0) is 24.3 Å². The van der Waals surface area contributed by atoms with E-state index in [1.165, 1.54) is 24.3 Å². The molecule has 1 aliphatic rings. The van der Waals surface area contributed by atoms with Crippen molar-refractivity contribution < 1.29 is 37.0 Å². The van der Waals surface area contributed by atoms with E-state index < -0.39 is 34.5 Å². The summed E-state index contributed by atoms with van der Waals surface area (Å²) in [7, 11) is -3.82. The number of esters is 1. The summed E-state index contributed by atoms with van der Waals surface area (Å²) in [5.41, 5.74) is 0.370. The van der Waals surface area contributed by atoms with Crippen LogP contribution in [0.15, 0.2) is 47.4 Å². The van der Waals surface area contributed by atoms with Crippen molar-refractivity contribution in [3.8, 4) is 11.5 Å². The molecule has 3 rings (SSSR count). The van der Waals surface area contributed by atoms with E-state index in [2.05, 4.69) is 10.0 Å². The molecule has 3 amide bonds. The molecule has 0 spiro atoms. The van der Waals surface area contributed by atoms with Gasteiger partial charge in [0.05, 0.1) is 11.3 Å². The van der Waals surface area contributed by atoms with Crippen LogP contribution in [0, 0.1) is 0 Å². The lowest BCUT2D eigenvalue weighted by atomic mass is 10.2. The fraction of sp³-hybridized carbons (Fsp3) is 0.250. The van der Waals surface area contributed by atoms with E-state index in [1.54, 1.807) is 18.2 Å². The Morgan fingerprint density at radius 1 is 1.00 bits per heavy atom. The first-order chi connectivity index (χ1) is 15.7. The summed E-state index contributed by atoms with van der Waals surface area (Å²) >= 11 is 5.72. The van der Waals surface area contributed by atoms with Crippen molar-refractivity contribution in [3.63, 3.8) is 0 Å². The number of anilines is 1. The minimum atomic E-state index is -3.82. The minimum absolute atomic E-state index is 0.0105. The summed E-state index contributed by atoms with van der Waals surface area (Å²) in [4.78, 5) is 35.5. The molecule has 0 radical (unpaired) electrons. The molecule has 0 unspecified atom stereocenters. The highest BCUT2D eigenvalue weighted by molar-refractivity contribution is 7.89. The Morgan fingerprint density at radius 3 is 2.42 bits per heavy atom. The second-order valence-electron chi connectivity index (χ2n) is 6.62. The summed E-state index contributed by atoms with van der Waals surface area (Å²) in [6, 6.07) is 9.40. The van der Waals surface area contributed by atoms with Crippen LogP contribution in [0.5, 0.6) is 11.5 Å². The quantitative estimate of drug-likeness (QED) is 0.466. The molecule has 2 aromatic rings. The van der Waals surface area contributed by atoms with E-state index in [9.17, 15) is 22.8 Å². The molecular formula is C20H20ClN3O8S. The number of nitrogens with one attached hydrogen (secondary N) is 3. The largest absolute Gasteiger partial charge is 0.486 e. The molecule has 0 saturated carbocycles. The molecule has 3 N–H and O–H groups in total. The number of sulfonamides is 1. The third-order valence-electron chi connectivity index (χ3n) is 4.16. The number of benzene rings is 2. The van der Waals surface area contributed by atoms with E-state index >= 15 is 0 Å². The van der Waals surface area contributed by atoms with Crippen molar-refractivity contribution in [1.29, 1.82) is 0 Å². The number of halogens is 1. The first-order valence-electron chi connectivity index (χ1n) is 9.64. The normalized spacial score (nSPS) is 12.5. The maximum Gasteiger partial charge on any atom is 0.325 e. The molecule has 1 heterocycles. The Kier molecular flexibility index (Phi) is 8.09. The van der Waals surface area contributed by atoms with Gasteiger partial charge in [-0.15, -0.1) is 0 Å². The average Bonchev–Trinajstić information content (AvgIpc) is 2.77. The SMILES string of the molecule is O=C(COC(=O)CCNS(=O)(=O)c1ccc(Cl)cc1)NC(=O)Nc1ccc2c(c1)OCCO2. The lowest BCUT2D eigenvalue weighted by Crippen LogP contribution is -2.37. The van der Waals surface area contributed by atoms with Gasteiger partial charge in [-0.25, -0.2) is 17.9 Å². The van der Waals surface area contributed by atoms with E-state index in [4.69, 9.17) is 25.8 Å². The minimum Gasteiger partial charge on any atom is -0.486 e. The molecule has 0 fully saturated rings. The third-order valence-corrected chi connectivity index (χ3v) is 5.89. The van der Waals surface area contributed by atoms with Crippen molar-refractivity contribution in [1.82, 2.24) is 10.0 Å². The second-order valence-corrected chi connectivity index (χ2v) is 8.83. The molecule has 0 atom stereocenters. The lowest BCUT2D eigenvalue weighted by molar-refractivity contribution is -0.148. The van der Waals surface area contributed by atoms with E-state index in [0.29, 0.717) is 35.4 Å². The van der Waals surface area contributed by atoms with Gasteiger partial charge in [0.15, 0.2) is 18.1 Å². The monoisotopic (exact) mass is 497 g/mol. The highest BCUT2D eigenvalue weighted by Gasteiger charge is 2.16. The number of hydrogen-bond acceptors (Lipinski definition) is 8. The molecule has 1 aliphatic heterocycles. The Hall–Kier alpha value is -3.35. The van der Waals surface area contributed by atoms with Crippen molar-refractivity contribution >= 4 is 45.2 Å². The zero-order valence-corrected chi connectivity index (χ0v) is 18.7. The van der Waals surface area contributed by atoms with Crippen LogP contribution in [0.4, 0.5) is 10.5 Å². The average molecular weight is 498 g/mol. The van der Waals surface area contributed by atoms with Crippen LogP contribution in [-0.4, -0.2) is 52.7 Å². The molecule has 2 aromatic carbocycles. The van der Waals surface area contributed by atoms with Gasteiger partial charge in [-0.3, -0.25) is 14.9 Å². The third kappa shape index (κ3) is 7.34. The van der Waals surface area contributed by atoms with E-state index in [0.717, 1.165) is 0 Å². The predicted octanol–water partition coefficient (Wildman–Crippen LogP) is 1.67. The van der Waals surface area contributed by atoms with Crippen LogP contribution >= 0.6 is 11.6 Å². The number of fused-ring (bicyclic) bond motifs is 1. The van der Waals surface area contributed by atoms with Gasteiger partial charge in [-0.05, 0) is 36.4 Å². The molecule has 176 valence electrons. The number of ether oxygens (including phenoxy) is 3. The number of urea groups is 1.